The van der Waals surface area contributed by atoms with Crippen LogP contribution in [-0.4, -0.2) is 34.2 Å². The molecule has 3 rings (SSSR count). The Kier molecular flexibility index (Phi) is 6.07. The summed E-state index contributed by atoms with van der Waals surface area (Å²) in [5.41, 5.74) is 2.92. The Morgan fingerprint density at radius 1 is 1.42 bits per heavy atom. The normalized spacial score (nSPS) is 13.9. The number of nitrogens with one attached hydrogen (secondary N) is 1. The van der Waals surface area contributed by atoms with Crippen molar-refractivity contribution in [2.45, 2.75) is 52.1 Å². The van der Waals surface area contributed by atoms with E-state index in [-0.39, 0.29) is 12.5 Å². The largest absolute Gasteiger partial charge is 0.315 e. The minimum Gasteiger partial charge on any atom is -0.315 e. The van der Waals surface area contributed by atoms with Gasteiger partial charge in [0.25, 0.3) is 0 Å². The molecule has 0 fully saturated rings. The first-order valence-electron chi connectivity index (χ1n) is 9.15. The minimum atomic E-state index is -0.0803. The summed E-state index contributed by atoms with van der Waals surface area (Å²) < 4.78 is 1.88. The summed E-state index contributed by atoms with van der Waals surface area (Å²) in [5, 5.41) is 17.5. The number of carbonyl (C=O) groups excluding carboxylic acids is 1. The number of anilines is 1. The molecule has 0 unspecified atom stereocenters. The summed E-state index contributed by atoms with van der Waals surface area (Å²) in [6.07, 6.45) is 9.31. The van der Waals surface area contributed by atoms with Crippen LogP contribution in [0.2, 0.25) is 0 Å². The molecule has 2 heterocycles. The van der Waals surface area contributed by atoms with Crippen LogP contribution in [0.1, 0.15) is 47.8 Å². The predicted molar refractivity (Wildman–Crippen MR) is 103 cm³/mol. The van der Waals surface area contributed by atoms with Gasteiger partial charge in [0, 0.05) is 29.7 Å². The van der Waals surface area contributed by atoms with Gasteiger partial charge in [-0.05, 0) is 45.2 Å². The average molecular weight is 372 g/mol. The first-order valence-corrected chi connectivity index (χ1v) is 9.96. The van der Waals surface area contributed by atoms with Crippen molar-refractivity contribution >= 4 is 22.2 Å². The van der Waals surface area contributed by atoms with Crippen LogP contribution in [0.4, 0.5) is 5.00 Å². The zero-order chi connectivity index (χ0) is 18.5. The molecule has 0 bridgehead atoms. The molecule has 1 N–H and O–H groups in total. The Balaban J connectivity index is 1.62. The second-order valence-corrected chi connectivity index (χ2v) is 7.91. The van der Waals surface area contributed by atoms with Crippen molar-refractivity contribution in [2.24, 2.45) is 0 Å². The molecule has 0 atom stereocenters. The first kappa shape index (κ1) is 18.6. The molecule has 6 nitrogen and oxygen atoms in total. The van der Waals surface area contributed by atoms with E-state index in [0.29, 0.717) is 12.1 Å². The highest BCUT2D eigenvalue weighted by atomic mass is 32.1. The van der Waals surface area contributed by atoms with Gasteiger partial charge in [0.05, 0.1) is 18.3 Å². The summed E-state index contributed by atoms with van der Waals surface area (Å²) >= 11 is 1.58. The Morgan fingerprint density at radius 2 is 2.23 bits per heavy atom. The van der Waals surface area contributed by atoms with Crippen LogP contribution >= 0.6 is 11.3 Å². The SMILES string of the molecule is CCn1cc(CN(C)CC(=O)Nc2sc3c(c2C#N)CCCCC3)cn1. The third-order valence-corrected chi connectivity index (χ3v) is 5.87. The molecule has 2 aromatic heterocycles. The molecular formula is C19H25N5OS. The van der Waals surface area contributed by atoms with E-state index < -0.39 is 0 Å². The lowest BCUT2D eigenvalue weighted by molar-refractivity contribution is -0.117. The maximum Gasteiger partial charge on any atom is 0.239 e. The van der Waals surface area contributed by atoms with Crippen LogP contribution in [0.3, 0.4) is 0 Å². The second-order valence-electron chi connectivity index (χ2n) is 6.81. The number of aryl methyl sites for hydroxylation is 2. The van der Waals surface area contributed by atoms with Crippen LogP contribution in [0, 0.1) is 11.3 Å². The number of rotatable bonds is 6. The monoisotopic (exact) mass is 371 g/mol. The number of thiophene rings is 1. The van der Waals surface area contributed by atoms with Crippen molar-refractivity contribution in [1.29, 1.82) is 5.26 Å². The average Bonchev–Trinajstić information content (AvgIpc) is 3.11. The standard InChI is InChI=1S/C19H25N5OS/c1-3-24-12-14(10-21-24)11-23(2)13-18(25)22-19-16(9-20)15-7-5-4-6-8-17(15)26-19/h10,12H,3-8,11,13H2,1-2H3,(H,22,25). The van der Waals surface area contributed by atoms with E-state index in [1.165, 1.54) is 17.7 Å². The number of hydrogen-bond donors (Lipinski definition) is 1. The molecule has 0 aliphatic heterocycles. The summed E-state index contributed by atoms with van der Waals surface area (Å²) in [4.78, 5) is 15.7. The fourth-order valence-corrected chi connectivity index (χ4v) is 4.64. The third kappa shape index (κ3) is 4.32. The molecule has 1 aliphatic carbocycles. The lowest BCUT2D eigenvalue weighted by Crippen LogP contribution is -2.29. The molecule has 0 saturated heterocycles. The summed E-state index contributed by atoms with van der Waals surface area (Å²) in [6, 6.07) is 2.31. The molecule has 0 radical (unpaired) electrons. The second kappa shape index (κ2) is 8.47. The van der Waals surface area contributed by atoms with Gasteiger partial charge in [0.1, 0.15) is 11.1 Å². The lowest BCUT2D eigenvalue weighted by atomic mass is 10.1. The van der Waals surface area contributed by atoms with E-state index in [1.807, 2.05) is 35.9 Å². The highest BCUT2D eigenvalue weighted by Crippen LogP contribution is 2.36. The van der Waals surface area contributed by atoms with E-state index in [9.17, 15) is 10.1 Å². The van der Waals surface area contributed by atoms with E-state index >= 15 is 0 Å². The molecule has 2 aromatic rings. The minimum absolute atomic E-state index is 0.0803. The molecular weight excluding hydrogens is 346 g/mol. The van der Waals surface area contributed by atoms with Crippen LogP contribution < -0.4 is 5.32 Å². The zero-order valence-electron chi connectivity index (χ0n) is 15.4. The summed E-state index contributed by atoms with van der Waals surface area (Å²) in [5.74, 6) is -0.0803. The van der Waals surface area contributed by atoms with Crippen LogP contribution in [0.5, 0.6) is 0 Å². The molecule has 0 aromatic carbocycles. The van der Waals surface area contributed by atoms with Crippen molar-refractivity contribution < 1.29 is 4.79 Å². The summed E-state index contributed by atoms with van der Waals surface area (Å²) in [7, 11) is 1.91. The van der Waals surface area contributed by atoms with Crippen molar-refractivity contribution in [1.82, 2.24) is 14.7 Å². The highest BCUT2D eigenvalue weighted by molar-refractivity contribution is 7.16. The Labute approximate surface area is 158 Å². The molecule has 26 heavy (non-hydrogen) atoms. The maximum atomic E-state index is 12.4. The van der Waals surface area contributed by atoms with Gasteiger partial charge < -0.3 is 5.32 Å². The van der Waals surface area contributed by atoms with E-state index in [4.69, 9.17) is 0 Å². The molecule has 0 saturated carbocycles. The van der Waals surface area contributed by atoms with Crippen LogP contribution in [0.15, 0.2) is 12.4 Å². The number of aromatic nitrogens is 2. The predicted octanol–water partition coefficient (Wildman–Crippen LogP) is 3.18. The van der Waals surface area contributed by atoms with E-state index in [0.717, 1.165) is 41.9 Å². The molecule has 7 heteroatoms. The molecule has 138 valence electrons. The third-order valence-electron chi connectivity index (χ3n) is 4.66. The van der Waals surface area contributed by atoms with Gasteiger partial charge >= 0.3 is 0 Å². The highest BCUT2D eigenvalue weighted by Gasteiger charge is 2.21. The fraction of sp³-hybridized carbons (Fsp3) is 0.526. The van der Waals surface area contributed by atoms with Crippen molar-refractivity contribution in [2.75, 3.05) is 18.9 Å². The topological polar surface area (TPSA) is 74.0 Å². The number of amides is 1. The maximum absolute atomic E-state index is 12.4. The first-order chi connectivity index (χ1) is 12.6. The lowest BCUT2D eigenvalue weighted by Gasteiger charge is -2.15. The number of fused-ring (bicyclic) bond motifs is 1. The number of nitrogens with zero attached hydrogens (tertiary/aromatic N) is 4. The number of carbonyl (C=O) groups is 1. The van der Waals surface area contributed by atoms with Gasteiger partial charge in [-0.1, -0.05) is 6.42 Å². The van der Waals surface area contributed by atoms with Gasteiger partial charge in [0.15, 0.2) is 0 Å². The van der Waals surface area contributed by atoms with Crippen LogP contribution in [-0.2, 0) is 30.7 Å². The zero-order valence-corrected chi connectivity index (χ0v) is 16.2. The van der Waals surface area contributed by atoms with Crippen molar-refractivity contribution in [3.05, 3.63) is 34.0 Å². The van der Waals surface area contributed by atoms with Crippen LogP contribution in [0.25, 0.3) is 0 Å². The Hall–Kier alpha value is -2.17. The number of likely N-dealkylation sites (N-methyl/N-ethyl adjacent to an activating group) is 1. The van der Waals surface area contributed by atoms with E-state index in [1.54, 1.807) is 11.3 Å². The smallest absolute Gasteiger partial charge is 0.239 e. The molecule has 1 aliphatic rings. The Bertz CT molecular complexity index is 816. The molecule has 0 spiro atoms. The van der Waals surface area contributed by atoms with Gasteiger partial charge in [-0.25, -0.2) is 0 Å². The van der Waals surface area contributed by atoms with Gasteiger partial charge in [-0.3, -0.25) is 14.4 Å². The molecule has 1 amide bonds. The van der Waals surface area contributed by atoms with Gasteiger partial charge in [-0.15, -0.1) is 11.3 Å². The van der Waals surface area contributed by atoms with Gasteiger partial charge in [-0.2, -0.15) is 10.4 Å². The van der Waals surface area contributed by atoms with Gasteiger partial charge in [0.2, 0.25) is 5.91 Å². The van der Waals surface area contributed by atoms with Crippen molar-refractivity contribution in [3.8, 4) is 6.07 Å². The quantitative estimate of drug-likeness (QED) is 0.792. The van der Waals surface area contributed by atoms with E-state index in [2.05, 4.69) is 16.5 Å². The summed E-state index contributed by atoms with van der Waals surface area (Å²) in [6.45, 7) is 3.83. The fourth-order valence-electron chi connectivity index (χ4n) is 3.39. The Morgan fingerprint density at radius 3 is 2.96 bits per heavy atom. The number of nitriles is 1. The van der Waals surface area contributed by atoms with Crippen molar-refractivity contribution in [3.63, 3.8) is 0 Å². The number of hydrogen-bond acceptors (Lipinski definition) is 5.